The van der Waals surface area contributed by atoms with Crippen molar-refractivity contribution < 1.29 is 18.0 Å². The summed E-state index contributed by atoms with van der Waals surface area (Å²) < 4.78 is 25.9. The van der Waals surface area contributed by atoms with E-state index in [0.717, 1.165) is 4.90 Å². The Hall–Kier alpha value is -2.90. The van der Waals surface area contributed by atoms with Crippen molar-refractivity contribution in [2.45, 2.75) is 14.7 Å². The maximum Gasteiger partial charge on any atom is 0.255 e. The Morgan fingerprint density at radius 3 is 2.43 bits per heavy atom. The van der Waals surface area contributed by atoms with E-state index < -0.39 is 15.7 Å². The molecule has 4 rings (SSSR count). The summed E-state index contributed by atoms with van der Waals surface area (Å²) in [6, 6.07) is 17.6. The number of hydrogen-bond acceptors (Lipinski definition) is 5. The highest BCUT2D eigenvalue weighted by atomic mass is 32.2. The molecule has 1 aliphatic heterocycles. The molecule has 0 radical (unpaired) electrons. The van der Waals surface area contributed by atoms with Gasteiger partial charge in [0.05, 0.1) is 9.79 Å². The Morgan fingerprint density at radius 2 is 1.64 bits per heavy atom. The van der Waals surface area contributed by atoms with Gasteiger partial charge in [-0.15, -0.1) is 11.8 Å². The molecule has 7 heteroatoms. The monoisotopic (exact) mass is 409 g/mol. The highest BCUT2D eigenvalue weighted by molar-refractivity contribution is 7.98. The number of carbonyl (C=O) groups excluding carboxylic acids is 2. The van der Waals surface area contributed by atoms with Gasteiger partial charge in [-0.25, -0.2) is 8.42 Å². The van der Waals surface area contributed by atoms with Crippen molar-refractivity contribution in [1.82, 2.24) is 0 Å². The predicted molar refractivity (Wildman–Crippen MR) is 108 cm³/mol. The van der Waals surface area contributed by atoms with E-state index >= 15 is 0 Å². The average Bonchev–Trinajstić information content (AvgIpc) is 2.72. The summed E-state index contributed by atoms with van der Waals surface area (Å²) in [5, 5.41) is 2.77. The van der Waals surface area contributed by atoms with E-state index in [2.05, 4.69) is 5.32 Å². The van der Waals surface area contributed by atoms with Crippen LogP contribution in [0.5, 0.6) is 0 Å². The molecular weight excluding hydrogens is 394 g/mol. The quantitative estimate of drug-likeness (QED) is 0.517. The summed E-state index contributed by atoms with van der Waals surface area (Å²) in [7, 11) is -3.88. The molecular formula is C21H15NO4S2. The zero-order chi connectivity index (χ0) is 19.9. The number of hydrogen-bond donors (Lipinski definition) is 1. The van der Waals surface area contributed by atoms with Gasteiger partial charge in [0, 0.05) is 27.3 Å². The normalized spacial score (nSPS) is 14.1. The molecule has 1 aliphatic rings. The van der Waals surface area contributed by atoms with Crippen molar-refractivity contribution >= 4 is 39.0 Å². The van der Waals surface area contributed by atoms with Gasteiger partial charge >= 0.3 is 0 Å². The lowest BCUT2D eigenvalue weighted by Crippen LogP contribution is -2.21. The number of benzene rings is 3. The number of carbonyl (C=O) groups is 2. The molecule has 0 spiro atoms. The molecule has 3 aromatic rings. The lowest BCUT2D eigenvalue weighted by atomic mass is 10.0. The number of anilines is 1. The largest absolute Gasteiger partial charge is 0.322 e. The fourth-order valence-corrected chi connectivity index (χ4v) is 5.27. The van der Waals surface area contributed by atoms with E-state index in [1.807, 2.05) is 24.5 Å². The first-order valence-electron chi connectivity index (χ1n) is 8.40. The first-order valence-corrected chi connectivity index (χ1v) is 11.1. The van der Waals surface area contributed by atoms with Crippen LogP contribution >= 0.6 is 11.8 Å². The molecule has 0 saturated heterocycles. The lowest BCUT2D eigenvalue weighted by molar-refractivity contribution is 0.101. The molecule has 1 N–H and O–H groups in total. The van der Waals surface area contributed by atoms with Crippen molar-refractivity contribution in [3.63, 3.8) is 0 Å². The maximum absolute atomic E-state index is 13.0. The van der Waals surface area contributed by atoms with Crippen molar-refractivity contribution in [2.24, 2.45) is 0 Å². The molecule has 1 heterocycles. The maximum atomic E-state index is 13.0. The van der Waals surface area contributed by atoms with Gasteiger partial charge in [0.25, 0.3) is 5.91 Å². The molecule has 0 atom stereocenters. The van der Waals surface area contributed by atoms with Crippen LogP contribution < -0.4 is 5.32 Å². The van der Waals surface area contributed by atoms with Crippen LogP contribution in [0, 0.1) is 0 Å². The molecule has 28 heavy (non-hydrogen) atoms. The molecule has 0 aromatic heterocycles. The fraction of sp³-hybridized carbons (Fsp3) is 0.0476. The highest BCUT2D eigenvalue weighted by Crippen LogP contribution is 2.34. The van der Waals surface area contributed by atoms with Crippen LogP contribution in [0.15, 0.2) is 81.4 Å². The minimum absolute atomic E-state index is 0.0299. The van der Waals surface area contributed by atoms with E-state index in [0.29, 0.717) is 5.69 Å². The molecule has 1 amide bonds. The van der Waals surface area contributed by atoms with Crippen molar-refractivity contribution in [1.29, 1.82) is 0 Å². The summed E-state index contributed by atoms with van der Waals surface area (Å²) in [6.45, 7) is 0. The van der Waals surface area contributed by atoms with Crippen LogP contribution in [0.4, 0.5) is 5.69 Å². The van der Waals surface area contributed by atoms with Crippen LogP contribution in [0.2, 0.25) is 0 Å². The minimum Gasteiger partial charge on any atom is -0.322 e. The predicted octanol–water partition coefficient (Wildman–Crippen LogP) is 4.04. The van der Waals surface area contributed by atoms with Crippen molar-refractivity contribution in [2.75, 3.05) is 11.6 Å². The smallest absolute Gasteiger partial charge is 0.255 e. The SMILES string of the molecule is CSc1cccc(NC(=O)c2ccc3c(c2)S(=O)(=O)c2ccccc2C3=O)c1. The molecule has 5 nitrogen and oxygen atoms in total. The van der Waals surface area contributed by atoms with E-state index in [1.165, 1.54) is 30.3 Å². The van der Waals surface area contributed by atoms with Gasteiger partial charge in [-0.3, -0.25) is 9.59 Å². The zero-order valence-electron chi connectivity index (χ0n) is 14.8. The van der Waals surface area contributed by atoms with Gasteiger partial charge in [-0.1, -0.05) is 18.2 Å². The second-order valence-electron chi connectivity index (χ2n) is 6.23. The molecule has 0 saturated carbocycles. The van der Waals surface area contributed by atoms with Crippen molar-refractivity contribution in [3.8, 4) is 0 Å². The third-order valence-corrected chi connectivity index (χ3v) is 7.10. The van der Waals surface area contributed by atoms with Gasteiger partial charge in [-0.05, 0) is 54.8 Å². The minimum atomic E-state index is -3.88. The topological polar surface area (TPSA) is 80.3 Å². The summed E-state index contributed by atoms with van der Waals surface area (Å²) in [6.07, 6.45) is 1.93. The fourth-order valence-electron chi connectivity index (χ4n) is 3.13. The van der Waals surface area contributed by atoms with Gasteiger partial charge in [-0.2, -0.15) is 0 Å². The molecule has 0 bridgehead atoms. The van der Waals surface area contributed by atoms with E-state index in [9.17, 15) is 18.0 Å². The molecule has 0 unspecified atom stereocenters. The lowest BCUT2D eigenvalue weighted by Gasteiger charge is -2.19. The van der Waals surface area contributed by atoms with E-state index in [-0.39, 0.29) is 32.3 Å². The second kappa shape index (κ2) is 6.92. The summed E-state index contributed by atoms with van der Waals surface area (Å²) in [5.74, 6) is -0.803. The summed E-state index contributed by atoms with van der Waals surface area (Å²) >= 11 is 1.55. The Kier molecular flexibility index (Phi) is 4.56. The second-order valence-corrected chi connectivity index (χ2v) is 8.99. The first-order chi connectivity index (χ1) is 13.4. The summed E-state index contributed by atoms with van der Waals surface area (Å²) in [5.41, 5.74) is 1.02. The first kappa shape index (κ1) is 18.5. The van der Waals surface area contributed by atoms with Crippen LogP contribution in [0.25, 0.3) is 0 Å². The van der Waals surface area contributed by atoms with Gasteiger partial charge in [0.1, 0.15) is 0 Å². The average molecular weight is 409 g/mol. The van der Waals surface area contributed by atoms with E-state index in [1.54, 1.807) is 30.0 Å². The molecule has 0 aliphatic carbocycles. The van der Waals surface area contributed by atoms with Crippen LogP contribution in [-0.4, -0.2) is 26.4 Å². The third-order valence-electron chi connectivity index (χ3n) is 4.53. The third kappa shape index (κ3) is 3.02. The number of ketones is 1. The summed E-state index contributed by atoms with van der Waals surface area (Å²) in [4.78, 5) is 26.1. The van der Waals surface area contributed by atoms with Crippen LogP contribution in [0.3, 0.4) is 0 Å². The van der Waals surface area contributed by atoms with Crippen LogP contribution in [0.1, 0.15) is 26.3 Å². The number of rotatable bonds is 3. The molecule has 0 fully saturated rings. The highest BCUT2D eigenvalue weighted by Gasteiger charge is 2.35. The number of thioether (sulfide) groups is 1. The molecule has 3 aromatic carbocycles. The Morgan fingerprint density at radius 1 is 0.893 bits per heavy atom. The number of sulfone groups is 1. The van der Waals surface area contributed by atoms with Gasteiger partial charge in [0.15, 0.2) is 5.78 Å². The zero-order valence-corrected chi connectivity index (χ0v) is 16.4. The van der Waals surface area contributed by atoms with E-state index in [4.69, 9.17) is 0 Å². The Labute approximate surface area is 166 Å². The Bertz CT molecular complexity index is 1230. The number of fused-ring (bicyclic) bond motifs is 2. The van der Waals surface area contributed by atoms with Gasteiger partial charge in [0.2, 0.25) is 9.84 Å². The Balaban J connectivity index is 1.74. The van der Waals surface area contributed by atoms with Crippen LogP contribution in [-0.2, 0) is 9.84 Å². The standard InChI is InChI=1S/C21H15NO4S2/c1-27-15-6-4-5-14(12-15)22-21(24)13-9-10-17-19(11-13)28(25,26)18-8-3-2-7-16(18)20(17)23/h2-12H,1H3,(H,22,24). The van der Waals surface area contributed by atoms with Crippen molar-refractivity contribution in [3.05, 3.63) is 83.4 Å². The number of nitrogens with one attached hydrogen (secondary N) is 1. The van der Waals surface area contributed by atoms with Gasteiger partial charge < -0.3 is 5.32 Å². The molecule has 140 valence electrons. The number of amides is 1.